The normalized spacial score (nSPS) is 22.9. The Balaban J connectivity index is 1.94. The molecule has 0 amide bonds. The molecule has 0 spiro atoms. The van der Waals surface area contributed by atoms with Gasteiger partial charge in [-0.1, -0.05) is 30.3 Å². The number of allylic oxidation sites excluding steroid dienone is 1. The SMILES string of the molecule is CC(=O)C1CCC2=CC(O)C(OCc3ccccc3)=C(C(=O)O)N21. The molecule has 0 aliphatic carbocycles. The highest BCUT2D eigenvalue weighted by Crippen LogP contribution is 2.38. The van der Waals surface area contributed by atoms with Gasteiger partial charge in [-0.3, -0.25) is 4.79 Å². The summed E-state index contributed by atoms with van der Waals surface area (Å²) >= 11 is 0. The van der Waals surface area contributed by atoms with E-state index in [4.69, 9.17) is 4.74 Å². The highest BCUT2D eigenvalue weighted by Gasteiger charge is 2.42. The molecule has 2 heterocycles. The number of aliphatic hydroxyl groups is 1. The maximum absolute atomic E-state index is 11.8. The van der Waals surface area contributed by atoms with Crippen LogP contribution in [0.4, 0.5) is 0 Å². The van der Waals surface area contributed by atoms with Gasteiger partial charge in [-0.2, -0.15) is 0 Å². The van der Waals surface area contributed by atoms with E-state index in [1.54, 1.807) is 6.08 Å². The van der Waals surface area contributed by atoms with Crippen molar-refractivity contribution in [1.82, 2.24) is 4.90 Å². The molecule has 1 aromatic rings. The van der Waals surface area contributed by atoms with Crippen molar-refractivity contribution in [2.75, 3.05) is 0 Å². The summed E-state index contributed by atoms with van der Waals surface area (Å²) < 4.78 is 5.64. The predicted molar refractivity (Wildman–Crippen MR) is 85.5 cm³/mol. The quantitative estimate of drug-likeness (QED) is 0.857. The lowest BCUT2D eigenvalue weighted by atomic mass is 10.1. The minimum atomic E-state index is -1.21. The fourth-order valence-electron chi connectivity index (χ4n) is 3.20. The first-order valence-electron chi connectivity index (χ1n) is 7.81. The van der Waals surface area contributed by atoms with Crippen LogP contribution in [0.2, 0.25) is 0 Å². The van der Waals surface area contributed by atoms with Gasteiger partial charge in [-0.15, -0.1) is 0 Å². The van der Waals surface area contributed by atoms with Crippen LogP contribution in [0, 0.1) is 0 Å². The van der Waals surface area contributed by atoms with Crippen molar-refractivity contribution in [3.8, 4) is 0 Å². The highest BCUT2D eigenvalue weighted by atomic mass is 16.5. The van der Waals surface area contributed by atoms with E-state index in [9.17, 15) is 19.8 Å². The Labute approximate surface area is 139 Å². The number of ether oxygens (including phenoxy) is 1. The Bertz CT molecular complexity index is 722. The Morgan fingerprint density at radius 1 is 1.29 bits per heavy atom. The van der Waals surface area contributed by atoms with Crippen LogP contribution in [0.3, 0.4) is 0 Å². The van der Waals surface area contributed by atoms with Gasteiger partial charge in [0.2, 0.25) is 0 Å². The van der Waals surface area contributed by atoms with E-state index >= 15 is 0 Å². The second-order valence-electron chi connectivity index (χ2n) is 5.93. The van der Waals surface area contributed by atoms with Gasteiger partial charge in [0.15, 0.2) is 17.2 Å². The number of rotatable bonds is 5. The van der Waals surface area contributed by atoms with Crippen molar-refractivity contribution < 1.29 is 24.5 Å². The van der Waals surface area contributed by atoms with E-state index in [0.717, 1.165) is 5.56 Å². The van der Waals surface area contributed by atoms with Crippen molar-refractivity contribution in [3.05, 3.63) is 59.1 Å². The smallest absolute Gasteiger partial charge is 0.356 e. The first kappa shape index (κ1) is 16.3. The molecule has 2 unspecified atom stereocenters. The summed E-state index contributed by atoms with van der Waals surface area (Å²) in [6, 6.07) is 8.76. The monoisotopic (exact) mass is 329 g/mol. The maximum Gasteiger partial charge on any atom is 0.356 e. The summed E-state index contributed by atoms with van der Waals surface area (Å²) in [5.41, 5.74) is 1.38. The molecule has 24 heavy (non-hydrogen) atoms. The summed E-state index contributed by atoms with van der Waals surface area (Å²) in [7, 11) is 0. The summed E-state index contributed by atoms with van der Waals surface area (Å²) in [5.74, 6) is -1.34. The zero-order valence-electron chi connectivity index (χ0n) is 13.3. The van der Waals surface area contributed by atoms with Gasteiger partial charge in [-0.25, -0.2) is 4.79 Å². The van der Waals surface area contributed by atoms with E-state index in [-0.39, 0.29) is 23.8 Å². The fraction of sp³-hybridized carbons (Fsp3) is 0.333. The lowest BCUT2D eigenvalue weighted by Gasteiger charge is -2.33. The van der Waals surface area contributed by atoms with E-state index in [1.165, 1.54) is 11.8 Å². The number of Topliss-reactive ketones (excluding diaryl/α,β-unsaturated/α-hetero) is 1. The summed E-state index contributed by atoms with van der Waals surface area (Å²) in [4.78, 5) is 25.1. The molecule has 0 saturated carbocycles. The van der Waals surface area contributed by atoms with E-state index < -0.39 is 18.1 Å². The van der Waals surface area contributed by atoms with Crippen molar-refractivity contribution in [1.29, 1.82) is 0 Å². The molecule has 6 nitrogen and oxygen atoms in total. The minimum Gasteiger partial charge on any atom is -0.488 e. The number of carboxylic acid groups (broad SMARTS) is 1. The average molecular weight is 329 g/mol. The Morgan fingerprint density at radius 2 is 2.00 bits per heavy atom. The molecule has 3 rings (SSSR count). The number of carbonyl (C=O) groups is 2. The second kappa shape index (κ2) is 6.49. The van der Waals surface area contributed by atoms with Crippen LogP contribution in [0.5, 0.6) is 0 Å². The summed E-state index contributed by atoms with van der Waals surface area (Å²) in [6.45, 7) is 1.59. The van der Waals surface area contributed by atoms with Crippen LogP contribution >= 0.6 is 0 Å². The van der Waals surface area contributed by atoms with Gasteiger partial charge in [0.25, 0.3) is 0 Å². The first-order chi connectivity index (χ1) is 11.5. The van der Waals surface area contributed by atoms with Crippen LogP contribution in [0.15, 0.2) is 53.6 Å². The molecule has 1 saturated heterocycles. The fourth-order valence-corrected chi connectivity index (χ4v) is 3.20. The molecule has 126 valence electrons. The number of hydrogen-bond donors (Lipinski definition) is 2. The number of benzene rings is 1. The predicted octanol–water partition coefficient (Wildman–Crippen LogP) is 1.81. The second-order valence-corrected chi connectivity index (χ2v) is 5.93. The number of carbonyl (C=O) groups excluding carboxylic acids is 1. The third kappa shape index (κ3) is 2.92. The lowest BCUT2D eigenvalue weighted by Crippen LogP contribution is -2.40. The van der Waals surface area contributed by atoms with Crippen molar-refractivity contribution >= 4 is 11.8 Å². The Hall–Kier alpha value is -2.60. The molecular weight excluding hydrogens is 310 g/mol. The van der Waals surface area contributed by atoms with Crippen molar-refractivity contribution in [3.63, 3.8) is 0 Å². The van der Waals surface area contributed by atoms with Gasteiger partial charge in [0, 0.05) is 5.70 Å². The molecule has 2 aliphatic rings. The molecule has 0 radical (unpaired) electrons. The number of carboxylic acids is 1. The molecule has 2 N–H and O–H groups in total. The Kier molecular flexibility index (Phi) is 4.40. The van der Waals surface area contributed by atoms with Gasteiger partial charge >= 0.3 is 5.97 Å². The van der Waals surface area contributed by atoms with Gasteiger partial charge in [-0.05, 0) is 31.4 Å². The third-order valence-electron chi connectivity index (χ3n) is 4.30. The molecule has 0 aromatic heterocycles. The number of ketones is 1. The molecular formula is C18H19NO5. The van der Waals surface area contributed by atoms with Crippen LogP contribution < -0.4 is 0 Å². The zero-order chi connectivity index (χ0) is 17.3. The standard InChI is InChI=1S/C18H19NO5/c1-11(20)14-8-7-13-9-15(21)17(16(18(22)23)19(13)14)24-10-12-5-3-2-4-6-12/h2-6,9,14-15,21H,7-8,10H2,1H3,(H,22,23). The number of aliphatic hydroxyl groups excluding tert-OH is 1. The van der Waals surface area contributed by atoms with Gasteiger partial charge in [0.1, 0.15) is 12.7 Å². The van der Waals surface area contributed by atoms with Crippen LogP contribution in [-0.2, 0) is 20.9 Å². The number of nitrogens with zero attached hydrogens (tertiary/aromatic N) is 1. The largest absolute Gasteiger partial charge is 0.488 e. The topological polar surface area (TPSA) is 87.1 Å². The summed E-state index contributed by atoms with van der Waals surface area (Å²) in [6.07, 6.45) is 1.54. The third-order valence-corrected chi connectivity index (χ3v) is 4.30. The number of hydrogen-bond acceptors (Lipinski definition) is 5. The zero-order valence-corrected chi connectivity index (χ0v) is 13.3. The molecule has 2 aliphatic heterocycles. The lowest BCUT2D eigenvalue weighted by molar-refractivity contribution is -0.135. The minimum absolute atomic E-state index is 0.0248. The molecule has 1 aromatic carbocycles. The summed E-state index contributed by atoms with van der Waals surface area (Å²) in [5, 5.41) is 19.9. The number of fused-ring (bicyclic) bond motifs is 1. The van der Waals surface area contributed by atoms with Crippen molar-refractivity contribution in [2.45, 2.75) is 38.5 Å². The van der Waals surface area contributed by atoms with Crippen LogP contribution in [0.25, 0.3) is 0 Å². The van der Waals surface area contributed by atoms with E-state index in [1.807, 2.05) is 30.3 Å². The van der Waals surface area contributed by atoms with E-state index in [2.05, 4.69) is 0 Å². The molecule has 2 atom stereocenters. The maximum atomic E-state index is 11.8. The Morgan fingerprint density at radius 3 is 2.62 bits per heavy atom. The highest BCUT2D eigenvalue weighted by molar-refractivity contribution is 5.91. The van der Waals surface area contributed by atoms with Crippen molar-refractivity contribution in [2.24, 2.45) is 0 Å². The van der Waals surface area contributed by atoms with Crippen LogP contribution in [-0.4, -0.2) is 39.0 Å². The first-order valence-corrected chi connectivity index (χ1v) is 7.81. The van der Waals surface area contributed by atoms with Gasteiger partial charge < -0.3 is 19.8 Å². The van der Waals surface area contributed by atoms with Crippen LogP contribution in [0.1, 0.15) is 25.3 Å². The molecule has 1 fully saturated rings. The molecule has 6 heteroatoms. The van der Waals surface area contributed by atoms with Gasteiger partial charge in [0.05, 0.1) is 6.04 Å². The molecule has 0 bridgehead atoms. The number of aliphatic carboxylic acids is 1. The van der Waals surface area contributed by atoms with E-state index in [0.29, 0.717) is 18.5 Å². The average Bonchev–Trinajstić information content (AvgIpc) is 2.96.